The Morgan fingerprint density at radius 3 is 2.27 bits per heavy atom. The van der Waals surface area contributed by atoms with Crippen molar-refractivity contribution < 1.29 is 9.90 Å². The number of aromatic carboxylic acids is 1. The molecule has 0 fully saturated rings. The fraction of sp³-hybridized carbons (Fsp3) is 0.100. The van der Waals surface area contributed by atoms with E-state index in [1.54, 1.807) is 6.08 Å². The molecule has 0 bridgehead atoms. The normalized spacial score (nSPS) is 11.5. The smallest absolute Gasteiger partial charge is 0.279 e. The van der Waals surface area contributed by atoms with Crippen LogP contribution in [-0.4, -0.2) is 29.8 Å². The summed E-state index contributed by atoms with van der Waals surface area (Å²) in [5.74, 6) is -1.26. The van der Waals surface area contributed by atoms with Crippen LogP contribution >= 0.6 is 0 Å². The van der Waals surface area contributed by atoms with Gasteiger partial charge in [-0.1, -0.05) is 30.8 Å². The molecule has 0 aliphatic rings. The first kappa shape index (κ1) is 17.3. The molecule has 0 atom stereocenters. The molecule has 6 nitrogen and oxygen atoms in total. The molecule has 0 aliphatic carbocycles. The first-order chi connectivity index (χ1) is 12.4. The van der Waals surface area contributed by atoms with E-state index in [4.69, 9.17) is 0 Å². The summed E-state index contributed by atoms with van der Waals surface area (Å²) in [7, 11) is 3.92. The van der Waals surface area contributed by atoms with Crippen LogP contribution < -0.4 is 26.1 Å². The standard InChI is InChI=1S/C20H19N3O3/c1-13-18(12-14-4-8-16(9-5-14)22(2)3)19(24)23(21-13)17-10-6-15(7-11-17)20(25)26/h4-12,21H,1H2,2-3H3,(H,25,26)/p-1/b18-12-. The van der Waals surface area contributed by atoms with Gasteiger partial charge in [-0.2, -0.15) is 0 Å². The van der Waals surface area contributed by atoms with E-state index in [0.29, 0.717) is 16.3 Å². The minimum Gasteiger partial charge on any atom is -0.545 e. The van der Waals surface area contributed by atoms with E-state index in [0.717, 1.165) is 11.3 Å². The van der Waals surface area contributed by atoms with Crippen molar-refractivity contribution in [1.82, 2.24) is 9.78 Å². The highest BCUT2D eigenvalue weighted by molar-refractivity contribution is 5.85. The summed E-state index contributed by atoms with van der Waals surface area (Å²) < 4.78 is 1.33. The minimum atomic E-state index is -1.26. The molecule has 26 heavy (non-hydrogen) atoms. The van der Waals surface area contributed by atoms with Crippen molar-refractivity contribution in [3.05, 3.63) is 80.6 Å². The number of carbonyl (C=O) groups excluding carboxylic acids is 1. The molecule has 0 aliphatic heterocycles. The van der Waals surface area contributed by atoms with Crippen molar-refractivity contribution in [1.29, 1.82) is 0 Å². The van der Waals surface area contributed by atoms with Crippen LogP contribution in [0, 0.1) is 0 Å². The Kier molecular flexibility index (Phi) is 4.49. The number of carboxylic acids is 1. The quantitative estimate of drug-likeness (QED) is 0.710. The van der Waals surface area contributed by atoms with E-state index in [1.807, 2.05) is 43.3 Å². The molecule has 0 spiro atoms. The van der Waals surface area contributed by atoms with Crippen molar-refractivity contribution in [2.75, 3.05) is 19.0 Å². The Morgan fingerprint density at radius 1 is 1.12 bits per heavy atom. The van der Waals surface area contributed by atoms with Crippen LogP contribution in [0.1, 0.15) is 15.9 Å². The Bertz CT molecular complexity index is 1110. The number of nitrogens with one attached hydrogen (secondary N) is 1. The third kappa shape index (κ3) is 3.30. The summed E-state index contributed by atoms with van der Waals surface area (Å²) in [5, 5.41) is 14.7. The Morgan fingerprint density at radius 2 is 1.73 bits per heavy atom. The van der Waals surface area contributed by atoms with Gasteiger partial charge in [-0.15, -0.1) is 0 Å². The zero-order valence-electron chi connectivity index (χ0n) is 14.5. The van der Waals surface area contributed by atoms with Crippen molar-refractivity contribution in [2.24, 2.45) is 0 Å². The molecule has 0 amide bonds. The number of H-pyrrole nitrogens is 1. The summed E-state index contributed by atoms with van der Waals surface area (Å²) >= 11 is 0. The summed E-state index contributed by atoms with van der Waals surface area (Å²) in [5.41, 5.74) is 2.27. The lowest BCUT2D eigenvalue weighted by Gasteiger charge is -2.11. The summed E-state index contributed by atoms with van der Waals surface area (Å²) in [6.07, 6.45) is 1.77. The van der Waals surface area contributed by atoms with E-state index in [1.165, 1.54) is 28.9 Å². The van der Waals surface area contributed by atoms with Gasteiger partial charge in [0.05, 0.1) is 22.2 Å². The third-order valence-electron chi connectivity index (χ3n) is 4.09. The van der Waals surface area contributed by atoms with Crippen LogP contribution in [0.25, 0.3) is 18.3 Å². The van der Waals surface area contributed by atoms with Gasteiger partial charge < -0.3 is 14.8 Å². The highest BCUT2D eigenvalue weighted by Gasteiger charge is 2.05. The number of rotatable bonds is 4. The summed E-state index contributed by atoms with van der Waals surface area (Å²) in [6.45, 7) is 3.90. The highest BCUT2D eigenvalue weighted by Crippen LogP contribution is 2.12. The maximum Gasteiger partial charge on any atom is 0.279 e. The number of benzene rings is 2. The molecule has 3 aromatic rings. The van der Waals surface area contributed by atoms with Gasteiger partial charge in [0.15, 0.2) is 0 Å². The molecule has 0 radical (unpaired) electrons. The zero-order valence-corrected chi connectivity index (χ0v) is 14.5. The molecule has 0 saturated carbocycles. The topological polar surface area (TPSA) is 81.2 Å². The first-order valence-corrected chi connectivity index (χ1v) is 7.97. The average molecular weight is 348 g/mol. The lowest BCUT2D eigenvalue weighted by molar-refractivity contribution is -0.255. The maximum absolute atomic E-state index is 12.7. The number of carbonyl (C=O) groups is 1. The number of aromatic amines is 1. The van der Waals surface area contributed by atoms with Crippen molar-refractivity contribution in [2.45, 2.75) is 0 Å². The number of aromatic nitrogens is 2. The Hall–Kier alpha value is -3.54. The van der Waals surface area contributed by atoms with Crippen LogP contribution in [-0.2, 0) is 0 Å². The van der Waals surface area contributed by atoms with Crippen LogP contribution in [0.4, 0.5) is 5.69 Å². The van der Waals surface area contributed by atoms with Gasteiger partial charge in [0, 0.05) is 19.8 Å². The second kappa shape index (κ2) is 6.76. The fourth-order valence-electron chi connectivity index (χ4n) is 2.61. The Balaban J connectivity index is 2.04. The zero-order chi connectivity index (χ0) is 18.8. The molecule has 3 rings (SSSR count). The van der Waals surface area contributed by atoms with Gasteiger partial charge >= 0.3 is 0 Å². The van der Waals surface area contributed by atoms with Gasteiger partial charge in [-0.3, -0.25) is 9.89 Å². The summed E-state index contributed by atoms with van der Waals surface area (Å²) in [6, 6.07) is 13.7. The van der Waals surface area contributed by atoms with E-state index in [9.17, 15) is 14.7 Å². The van der Waals surface area contributed by atoms with Gasteiger partial charge in [-0.05, 0) is 41.5 Å². The van der Waals surface area contributed by atoms with Crippen molar-refractivity contribution in [3.8, 4) is 5.69 Å². The maximum atomic E-state index is 12.7. The molecule has 1 heterocycles. The predicted octanol–water partition coefficient (Wildman–Crippen LogP) is -0.166. The van der Waals surface area contributed by atoms with E-state index in [-0.39, 0.29) is 11.1 Å². The van der Waals surface area contributed by atoms with Gasteiger partial charge in [0.2, 0.25) is 0 Å². The van der Waals surface area contributed by atoms with Gasteiger partial charge in [0.1, 0.15) is 0 Å². The first-order valence-electron chi connectivity index (χ1n) is 7.97. The Labute approximate surface area is 149 Å². The number of carboxylic acid groups (broad SMARTS) is 1. The van der Waals surface area contributed by atoms with E-state index >= 15 is 0 Å². The number of hydrogen-bond donors (Lipinski definition) is 1. The monoisotopic (exact) mass is 348 g/mol. The minimum absolute atomic E-state index is 0.0518. The van der Waals surface area contributed by atoms with Crippen LogP contribution in [0.15, 0.2) is 53.3 Å². The van der Waals surface area contributed by atoms with Gasteiger partial charge in [-0.25, -0.2) is 4.68 Å². The second-order valence-corrected chi connectivity index (χ2v) is 6.11. The largest absolute Gasteiger partial charge is 0.545 e. The molecular weight excluding hydrogens is 330 g/mol. The van der Waals surface area contributed by atoms with Crippen molar-refractivity contribution >= 4 is 24.3 Å². The molecule has 1 N–H and O–H groups in total. The SMILES string of the molecule is C=c1[nH]n(-c2ccc(C(=O)[O-])cc2)c(=O)/c1=C\c1ccc(N(C)C)cc1. The molecule has 132 valence electrons. The van der Waals surface area contributed by atoms with E-state index in [2.05, 4.69) is 11.7 Å². The summed E-state index contributed by atoms with van der Waals surface area (Å²) in [4.78, 5) is 25.5. The van der Waals surface area contributed by atoms with Gasteiger partial charge in [0.25, 0.3) is 5.56 Å². The van der Waals surface area contributed by atoms with Crippen LogP contribution in [0.5, 0.6) is 0 Å². The molecule has 0 unspecified atom stereocenters. The molecule has 1 aromatic heterocycles. The third-order valence-corrected chi connectivity index (χ3v) is 4.09. The van der Waals surface area contributed by atoms with Crippen LogP contribution in [0.2, 0.25) is 0 Å². The lowest BCUT2D eigenvalue weighted by Crippen LogP contribution is -2.34. The fourth-order valence-corrected chi connectivity index (χ4v) is 2.61. The van der Waals surface area contributed by atoms with Crippen LogP contribution in [0.3, 0.4) is 0 Å². The predicted molar refractivity (Wildman–Crippen MR) is 99.8 cm³/mol. The second-order valence-electron chi connectivity index (χ2n) is 6.11. The molecule has 2 aromatic carbocycles. The number of nitrogens with zero attached hydrogens (tertiary/aromatic N) is 2. The lowest BCUT2D eigenvalue weighted by atomic mass is 10.1. The number of anilines is 1. The molecular formula is C20H18N3O3-. The highest BCUT2D eigenvalue weighted by atomic mass is 16.4. The molecule has 0 saturated heterocycles. The van der Waals surface area contributed by atoms with Crippen molar-refractivity contribution in [3.63, 3.8) is 0 Å². The molecule has 6 heteroatoms. The van der Waals surface area contributed by atoms with E-state index < -0.39 is 5.97 Å². The average Bonchev–Trinajstić information content (AvgIpc) is 2.90. The number of hydrogen-bond acceptors (Lipinski definition) is 4.